The minimum absolute atomic E-state index is 0.0860. The van der Waals surface area contributed by atoms with E-state index >= 15 is 0 Å². The molecular formula is C11H13BrN4. The Bertz CT molecular complexity index is 530. The maximum Gasteiger partial charge on any atom is 0.155 e. The smallest absolute Gasteiger partial charge is 0.155 e. The summed E-state index contributed by atoms with van der Waals surface area (Å²) in [6.07, 6.45) is 5.98. The van der Waals surface area contributed by atoms with Crippen molar-refractivity contribution in [2.75, 3.05) is 0 Å². The summed E-state index contributed by atoms with van der Waals surface area (Å²) in [5.41, 5.74) is 8.09. The Morgan fingerprint density at radius 1 is 1.50 bits per heavy atom. The number of hydrogen-bond acceptors (Lipinski definition) is 3. The van der Waals surface area contributed by atoms with Crippen molar-refractivity contribution in [1.29, 1.82) is 0 Å². The number of aryl methyl sites for hydroxylation is 1. The first-order chi connectivity index (χ1) is 7.68. The molecule has 4 nitrogen and oxygen atoms in total. The van der Waals surface area contributed by atoms with Gasteiger partial charge in [-0.3, -0.25) is 0 Å². The Morgan fingerprint density at radius 3 is 3.00 bits per heavy atom. The van der Waals surface area contributed by atoms with Crippen molar-refractivity contribution in [3.05, 3.63) is 28.6 Å². The van der Waals surface area contributed by atoms with Crippen LogP contribution in [-0.4, -0.2) is 20.1 Å². The van der Waals surface area contributed by atoms with Gasteiger partial charge >= 0.3 is 0 Å². The summed E-state index contributed by atoms with van der Waals surface area (Å²) >= 11 is 3.54. The van der Waals surface area contributed by atoms with E-state index in [1.807, 2.05) is 16.6 Å². The van der Waals surface area contributed by atoms with Crippen molar-refractivity contribution in [3.8, 4) is 0 Å². The molecule has 3 rings (SSSR count). The van der Waals surface area contributed by atoms with E-state index in [-0.39, 0.29) is 5.54 Å². The fourth-order valence-corrected chi connectivity index (χ4v) is 2.40. The topological polar surface area (TPSA) is 56.2 Å². The zero-order chi connectivity index (χ0) is 11.2. The molecule has 0 unspecified atom stereocenters. The van der Waals surface area contributed by atoms with Gasteiger partial charge < -0.3 is 5.73 Å². The summed E-state index contributed by atoms with van der Waals surface area (Å²) in [6, 6.07) is 3.85. The van der Waals surface area contributed by atoms with Gasteiger partial charge in [-0.15, -0.1) is 0 Å². The molecule has 2 N–H and O–H groups in total. The summed E-state index contributed by atoms with van der Waals surface area (Å²) in [7, 11) is 0. The molecule has 2 heterocycles. The van der Waals surface area contributed by atoms with Gasteiger partial charge in [-0.2, -0.15) is 5.10 Å². The molecule has 0 radical (unpaired) electrons. The Morgan fingerprint density at radius 2 is 2.31 bits per heavy atom. The van der Waals surface area contributed by atoms with Crippen molar-refractivity contribution in [2.24, 2.45) is 5.73 Å². The van der Waals surface area contributed by atoms with Crippen LogP contribution in [0.4, 0.5) is 0 Å². The minimum Gasteiger partial charge on any atom is -0.325 e. The highest BCUT2D eigenvalue weighted by Gasteiger charge is 2.37. The molecule has 1 aliphatic carbocycles. The van der Waals surface area contributed by atoms with Crippen LogP contribution in [0.1, 0.15) is 25.0 Å². The fraction of sp³-hybridized carbons (Fsp3) is 0.455. The van der Waals surface area contributed by atoms with E-state index in [4.69, 9.17) is 5.73 Å². The van der Waals surface area contributed by atoms with Gasteiger partial charge in [-0.05, 0) is 53.7 Å². The molecule has 5 heteroatoms. The molecule has 0 spiro atoms. The van der Waals surface area contributed by atoms with Gasteiger partial charge in [0.15, 0.2) is 5.65 Å². The number of imidazole rings is 1. The molecule has 16 heavy (non-hydrogen) atoms. The van der Waals surface area contributed by atoms with Crippen molar-refractivity contribution >= 4 is 21.6 Å². The van der Waals surface area contributed by atoms with Crippen LogP contribution in [0, 0.1) is 0 Å². The van der Waals surface area contributed by atoms with Crippen molar-refractivity contribution in [3.63, 3.8) is 0 Å². The molecule has 0 aliphatic heterocycles. The van der Waals surface area contributed by atoms with Crippen LogP contribution in [0.2, 0.25) is 0 Å². The highest BCUT2D eigenvalue weighted by molar-refractivity contribution is 9.10. The Balaban J connectivity index is 1.88. The molecule has 1 fully saturated rings. The van der Waals surface area contributed by atoms with Crippen LogP contribution < -0.4 is 5.73 Å². The van der Waals surface area contributed by atoms with Crippen LogP contribution >= 0.6 is 15.9 Å². The van der Waals surface area contributed by atoms with Gasteiger partial charge in [0.25, 0.3) is 0 Å². The number of halogens is 1. The van der Waals surface area contributed by atoms with E-state index in [2.05, 4.69) is 26.0 Å². The van der Waals surface area contributed by atoms with Gasteiger partial charge in [0.1, 0.15) is 4.60 Å². The van der Waals surface area contributed by atoms with Crippen LogP contribution in [0.15, 0.2) is 22.9 Å². The monoisotopic (exact) mass is 280 g/mol. The van der Waals surface area contributed by atoms with Crippen LogP contribution in [-0.2, 0) is 6.42 Å². The maximum atomic E-state index is 6.07. The van der Waals surface area contributed by atoms with Gasteiger partial charge in [0, 0.05) is 11.7 Å². The lowest BCUT2D eigenvalue weighted by molar-refractivity contribution is 0.603. The van der Waals surface area contributed by atoms with Crippen molar-refractivity contribution in [2.45, 2.75) is 31.2 Å². The Kier molecular flexibility index (Phi) is 2.26. The van der Waals surface area contributed by atoms with Gasteiger partial charge in [-0.25, -0.2) is 9.50 Å². The number of aromatic nitrogens is 3. The first-order valence-corrected chi connectivity index (χ1v) is 6.24. The molecule has 1 aliphatic rings. The van der Waals surface area contributed by atoms with Gasteiger partial charge in [0.05, 0.1) is 5.69 Å². The normalized spacial score (nSPS) is 17.9. The SMILES string of the molecule is NC1(CCc2nc3cccnn3c2Br)CC1. The zero-order valence-corrected chi connectivity index (χ0v) is 10.4. The highest BCUT2D eigenvalue weighted by Crippen LogP contribution is 2.37. The standard InChI is InChI=1S/C11H13BrN4/c12-10-8(3-4-11(13)5-6-11)15-9-2-1-7-14-16(9)10/h1-2,7H,3-6,13H2. The number of nitrogens with zero attached hydrogens (tertiary/aromatic N) is 3. The van der Waals surface area contributed by atoms with E-state index in [0.717, 1.165) is 41.6 Å². The second-order valence-electron chi connectivity index (χ2n) is 4.51. The maximum absolute atomic E-state index is 6.07. The van der Waals surface area contributed by atoms with E-state index in [1.54, 1.807) is 6.20 Å². The predicted octanol–water partition coefficient (Wildman–Crippen LogP) is 1.92. The Hall–Kier alpha value is -0.940. The molecule has 1 saturated carbocycles. The lowest BCUT2D eigenvalue weighted by Crippen LogP contribution is -2.22. The van der Waals surface area contributed by atoms with E-state index in [0.29, 0.717) is 0 Å². The summed E-state index contributed by atoms with van der Waals surface area (Å²) in [6.45, 7) is 0. The first kappa shape index (κ1) is 10.2. The molecule has 0 amide bonds. The fourth-order valence-electron chi connectivity index (χ4n) is 1.84. The molecular weight excluding hydrogens is 268 g/mol. The lowest BCUT2D eigenvalue weighted by atomic mass is 10.1. The summed E-state index contributed by atoms with van der Waals surface area (Å²) in [5, 5.41) is 4.24. The third-order valence-corrected chi connectivity index (χ3v) is 3.95. The van der Waals surface area contributed by atoms with Crippen molar-refractivity contribution < 1.29 is 0 Å². The summed E-state index contributed by atoms with van der Waals surface area (Å²) in [4.78, 5) is 4.54. The second kappa shape index (κ2) is 3.53. The average molecular weight is 281 g/mol. The molecule has 0 bridgehead atoms. The Labute approximate surface area is 102 Å². The van der Waals surface area contributed by atoms with Crippen LogP contribution in [0.5, 0.6) is 0 Å². The number of nitrogens with two attached hydrogens (primary N) is 1. The largest absolute Gasteiger partial charge is 0.325 e. The van der Waals surface area contributed by atoms with Gasteiger partial charge in [-0.1, -0.05) is 0 Å². The quantitative estimate of drug-likeness (QED) is 0.935. The summed E-state index contributed by atoms with van der Waals surface area (Å²) < 4.78 is 2.76. The third kappa shape index (κ3) is 1.74. The van der Waals surface area contributed by atoms with E-state index in [1.165, 1.54) is 0 Å². The molecule has 0 atom stereocenters. The van der Waals surface area contributed by atoms with E-state index in [9.17, 15) is 0 Å². The molecule has 0 aromatic carbocycles. The number of hydrogen-bond donors (Lipinski definition) is 1. The average Bonchev–Trinajstić information content (AvgIpc) is 2.94. The molecule has 84 valence electrons. The summed E-state index contributed by atoms with van der Waals surface area (Å²) in [5.74, 6) is 0. The molecule has 0 saturated heterocycles. The van der Waals surface area contributed by atoms with E-state index < -0.39 is 0 Å². The number of rotatable bonds is 3. The molecule has 2 aromatic heterocycles. The lowest BCUT2D eigenvalue weighted by Gasteiger charge is -2.05. The number of fused-ring (bicyclic) bond motifs is 1. The van der Waals surface area contributed by atoms with Crippen LogP contribution in [0.3, 0.4) is 0 Å². The first-order valence-electron chi connectivity index (χ1n) is 5.45. The van der Waals surface area contributed by atoms with Crippen LogP contribution in [0.25, 0.3) is 5.65 Å². The predicted molar refractivity (Wildman–Crippen MR) is 65.2 cm³/mol. The van der Waals surface area contributed by atoms with Crippen molar-refractivity contribution in [1.82, 2.24) is 14.6 Å². The minimum atomic E-state index is 0.0860. The zero-order valence-electron chi connectivity index (χ0n) is 8.86. The third-order valence-electron chi connectivity index (χ3n) is 3.16. The highest BCUT2D eigenvalue weighted by atomic mass is 79.9. The van der Waals surface area contributed by atoms with Gasteiger partial charge in [0.2, 0.25) is 0 Å². The second-order valence-corrected chi connectivity index (χ2v) is 5.26. The molecule has 2 aromatic rings.